The van der Waals surface area contributed by atoms with Gasteiger partial charge in [-0.3, -0.25) is 0 Å². The van der Waals surface area contributed by atoms with Gasteiger partial charge in [-0.1, -0.05) is 37.5 Å². The van der Waals surface area contributed by atoms with E-state index in [9.17, 15) is 0 Å². The van der Waals surface area contributed by atoms with Gasteiger partial charge in [0.05, 0.1) is 0 Å². The van der Waals surface area contributed by atoms with Gasteiger partial charge in [-0.25, -0.2) is 0 Å². The second-order valence-corrected chi connectivity index (χ2v) is 4.20. The molecule has 0 N–H and O–H groups in total. The molecule has 2 aromatic carbocycles. The molecule has 1 radical (unpaired) electrons. The van der Waals surface area contributed by atoms with Gasteiger partial charge in [-0.05, 0) is 13.3 Å². The Kier molecular flexibility index (Phi) is 9.70. The zero-order chi connectivity index (χ0) is 10.1. The van der Waals surface area contributed by atoms with Crippen LogP contribution in [0.4, 0.5) is 0 Å². The Morgan fingerprint density at radius 1 is 1.06 bits per heavy atom. The van der Waals surface area contributed by atoms with Gasteiger partial charge in [0, 0.05) is 0 Å². The fourth-order valence-electron chi connectivity index (χ4n) is 2.17. The first-order chi connectivity index (χ1) is 6.70. The minimum Gasteiger partial charge on any atom is -1.00 e. The normalized spacial score (nSPS) is 9.12. The molecule has 2 aromatic rings. The molecule has 17 heavy (non-hydrogen) atoms. The number of aryl methyl sites for hydroxylation is 3. The maximum atomic E-state index is 2.33. The Balaban J connectivity index is 0. The summed E-state index contributed by atoms with van der Waals surface area (Å²) in [4.78, 5) is 0. The quantitative estimate of drug-likeness (QED) is 0.559. The predicted molar refractivity (Wildman–Crippen MR) is 63.0 cm³/mol. The van der Waals surface area contributed by atoms with Crippen molar-refractivity contribution in [1.82, 2.24) is 0 Å². The Labute approximate surface area is 135 Å². The maximum absolute atomic E-state index is 2.33. The summed E-state index contributed by atoms with van der Waals surface area (Å²) in [6.45, 7) is 6.61. The summed E-state index contributed by atoms with van der Waals surface area (Å²) < 4.78 is 0. The van der Waals surface area contributed by atoms with E-state index in [0.29, 0.717) is 0 Å². The molecule has 0 spiro atoms. The molecule has 3 heteroatoms. The number of benzene rings is 1. The average molecular weight is 347 g/mol. The predicted octanol–water partition coefficient (Wildman–Crippen LogP) is -1.87. The molecule has 0 nitrogen and oxygen atoms in total. The van der Waals surface area contributed by atoms with Gasteiger partial charge < -0.3 is 24.8 Å². The van der Waals surface area contributed by atoms with Gasteiger partial charge in [0.2, 0.25) is 0 Å². The molecule has 0 aliphatic carbocycles. The van der Waals surface area contributed by atoms with E-state index < -0.39 is 0 Å². The van der Waals surface area contributed by atoms with E-state index in [1.807, 2.05) is 0 Å². The van der Waals surface area contributed by atoms with Crippen LogP contribution in [0.15, 0.2) is 24.3 Å². The van der Waals surface area contributed by atoms with Crippen LogP contribution in [0.2, 0.25) is 0 Å². The molecular weight excluding hydrogens is 330 g/mol. The fraction of sp³-hybridized carbons (Fsp3) is 0.357. The second kappa shape index (κ2) is 8.40. The molecule has 0 heterocycles. The minimum absolute atomic E-state index is 0. The topological polar surface area (TPSA) is 0 Å². The van der Waals surface area contributed by atoms with Gasteiger partial charge in [-0.2, -0.15) is 6.07 Å². The summed E-state index contributed by atoms with van der Waals surface area (Å²) in [5.41, 5.74) is 4.26. The summed E-state index contributed by atoms with van der Waals surface area (Å²) in [5, 5.41) is 2.83. The number of hydrogen-bond donors (Lipinski definition) is 0. The summed E-state index contributed by atoms with van der Waals surface area (Å²) in [7, 11) is 0. The molecule has 0 aliphatic heterocycles. The van der Waals surface area contributed by atoms with Crippen molar-refractivity contribution in [2.45, 2.75) is 33.6 Å². The third-order valence-electron chi connectivity index (χ3n) is 2.77. The number of halogens is 2. The molecule has 0 saturated heterocycles. The molecule has 0 aliphatic rings. The van der Waals surface area contributed by atoms with Gasteiger partial charge in [-0.15, -0.1) is 28.5 Å². The summed E-state index contributed by atoms with van der Waals surface area (Å²) in [5.74, 6) is 0. The Morgan fingerprint density at radius 3 is 2.29 bits per heavy atom. The molecule has 0 atom stereocenters. The molecule has 0 bridgehead atoms. The number of fused-ring (bicyclic) bond motifs is 1. The smallest absolute Gasteiger partial charge is 1.00 e. The van der Waals surface area contributed by atoms with E-state index >= 15 is 0 Å². The van der Waals surface area contributed by atoms with E-state index in [1.54, 1.807) is 0 Å². The summed E-state index contributed by atoms with van der Waals surface area (Å²) >= 11 is 0. The Hall–Kier alpha value is 0.293. The monoisotopic (exact) mass is 345 g/mol. The van der Waals surface area contributed by atoms with E-state index in [0.717, 1.165) is 0 Å². The third-order valence-corrected chi connectivity index (χ3v) is 2.77. The van der Waals surface area contributed by atoms with Gasteiger partial charge in [0.25, 0.3) is 0 Å². The SMILES string of the molecule is CCCc1cc(C)c2cc(C)[cH-]c2c1.[Cl-].[Cl-].[Zr+3]. The maximum Gasteiger partial charge on any atom is 3.00 e. The van der Waals surface area contributed by atoms with Crippen LogP contribution in [-0.2, 0) is 32.6 Å². The third kappa shape index (κ3) is 4.47. The van der Waals surface area contributed by atoms with Crippen molar-refractivity contribution < 1.29 is 51.0 Å². The van der Waals surface area contributed by atoms with Crippen LogP contribution in [0.25, 0.3) is 10.8 Å². The van der Waals surface area contributed by atoms with Crippen molar-refractivity contribution in [3.8, 4) is 0 Å². The van der Waals surface area contributed by atoms with Crippen LogP contribution < -0.4 is 24.8 Å². The Bertz CT molecular complexity index is 460. The van der Waals surface area contributed by atoms with Gasteiger partial charge >= 0.3 is 26.2 Å². The minimum atomic E-state index is 0. The summed E-state index contributed by atoms with van der Waals surface area (Å²) in [6.07, 6.45) is 2.42. The first-order valence-corrected chi connectivity index (χ1v) is 5.37. The van der Waals surface area contributed by atoms with Crippen LogP contribution in [0.5, 0.6) is 0 Å². The van der Waals surface area contributed by atoms with E-state index in [4.69, 9.17) is 0 Å². The summed E-state index contributed by atoms with van der Waals surface area (Å²) in [6, 6.07) is 9.21. The van der Waals surface area contributed by atoms with Crippen LogP contribution in [-0.4, -0.2) is 0 Å². The standard InChI is InChI=1S/C14H17.2ClH.Zr/c1-4-5-12-8-11(3)14-7-10(2)6-13(14)9-12;;;/h6-9H,4-5H2,1-3H3;2*1H;/q-1;;;+3/p-2. The number of rotatable bonds is 2. The molecule has 0 unspecified atom stereocenters. The van der Waals surface area contributed by atoms with Crippen molar-refractivity contribution >= 4 is 10.8 Å². The van der Waals surface area contributed by atoms with Gasteiger partial charge in [0.15, 0.2) is 0 Å². The first-order valence-electron chi connectivity index (χ1n) is 5.37. The molecule has 91 valence electrons. The van der Waals surface area contributed by atoms with E-state index in [-0.39, 0.29) is 51.0 Å². The molecular formula is C14H17Cl2Zr. The van der Waals surface area contributed by atoms with Crippen LogP contribution in [0.1, 0.15) is 30.0 Å². The van der Waals surface area contributed by atoms with Crippen molar-refractivity contribution in [2.75, 3.05) is 0 Å². The zero-order valence-corrected chi connectivity index (χ0v) is 14.4. The van der Waals surface area contributed by atoms with Crippen molar-refractivity contribution in [1.29, 1.82) is 0 Å². The average Bonchev–Trinajstić information content (AvgIpc) is 2.47. The number of hydrogen-bond acceptors (Lipinski definition) is 0. The Morgan fingerprint density at radius 2 is 1.71 bits per heavy atom. The first kappa shape index (κ1) is 19.6. The van der Waals surface area contributed by atoms with Crippen LogP contribution in [0, 0.1) is 13.8 Å². The van der Waals surface area contributed by atoms with Crippen molar-refractivity contribution in [2.24, 2.45) is 0 Å². The zero-order valence-electron chi connectivity index (χ0n) is 10.5. The molecule has 0 amide bonds. The molecule has 0 aromatic heterocycles. The second-order valence-electron chi connectivity index (χ2n) is 4.20. The fourth-order valence-corrected chi connectivity index (χ4v) is 2.17. The van der Waals surface area contributed by atoms with E-state index in [1.165, 1.54) is 40.3 Å². The van der Waals surface area contributed by atoms with Crippen LogP contribution in [0.3, 0.4) is 0 Å². The molecule has 0 saturated carbocycles. The molecule has 0 fully saturated rings. The molecule has 2 rings (SSSR count). The van der Waals surface area contributed by atoms with Crippen molar-refractivity contribution in [3.05, 3.63) is 41.0 Å². The van der Waals surface area contributed by atoms with Crippen LogP contribution >= 0.6 is 0 Å². The van der Waals surface area contributed by atoms with Gasteiger partial charge in [0.1, 0.15) is 0 Å². The largest absolute Gasteiger partial charge is 3.00 e. The van der Waals surface area contributed by atoms with E-state index in [2.05, 4.69) is 45.0 Å². The van der Waals surface area contributed by atoms with Crippen molar-refractivity contribution in [3.63, 3.8) is 0 Å².